The van der Waals surface area contributed by atoms with Gasteiger partial charge in [-0.2, -0.15) is 0 Å². The first-order chi connectivity index (χ1) is 9.56. The van der Waals surface area contributed by atoms with E-state index in [9.17, 15) is 4.79 Å². The van der Waals surface area contributed by atoms with Crippen molar-refractivity contribution >= 4 is 17.3 Å². The molecular formula is C15H25N3O2. The predicted octanol–water partition coefficient (Wildman–Crippen LogP) is 2.20. The summed E-state index contributed by atoms with van der Waals surface area (Å²) in [5.41, 5.74) is 7.68. The van der Waals surface area contributed by atoms with Gasteiger partial charge in [0.05, 0.1) is 23.5 Å². The van der Waals surface area contributed by atoms with Crippen LogP contribution in [0.25, 0.3) is 0 Å². The molecule has 0 unspecified atom stereocenters. The van der Waals surface area contributed by atoms with Gasteiger partial charge in [-0.25, -0.2) is 4.79 Å². The van der Waals surface area contributed by atoms with Gasteiger partial charge in [0.15, 0.2) is 0 Å². The van der Waals surface area contributed by atoms with Gasteiger partial charge in [0.1, 0.15) is 0 Å². The second-order valence-corrected chi connectivity index (χ2v) is 4.92. The molecule has 0 saturated heterocycles. The number of ether oxygens (including phenoxy) is 1. The Balaban J connectivity index is 2.54. The lowest BCUT2D eigenvalue weighted by molar-refractivity contribution is 0.0527. The Morgan fingerprint density at radius 3 is 2.75 bits per heavy atom. The zero-order valence-electron chi connectivity index (χ0n) is 12.6. The minimum atomic E-state index is -0.374. The molecule has 0 spiro atoms. The molecular weight excluding hydrogens is 254 g/mol. The second kappa shape index (κ2) is 8.43. The lowest BCUT2D eigenvalue weighted by Crippen LogP contribution is -2.15. The van der Waals surface area contributed by atoms with E-state index in [1.807, 2.05) is 12.1 Å². The highest BCUT2D eigenvalue weighted by Gasteiger charge is 2.12. The third-order valence-electron chi connectivity index (χ3n) is 2.95. The van der Waals surface area contributed by atoms with E-state index in [0.29, 0.717) is 17.9 Å². The quantitative estimate of drug-likeness (QED) is 0.434. The van der Waals surface area contributed by atoms with E-state index < -0.39 is 0 Å². The number of rotatable bonds is 8. The van der Waals surface area contributed by atoms with Crippen LogP contribution in [0.2, 0.25) is 0 Å². The molecule has 1 rings (SSSR count). The number of anilines is 2. The molecule has 0 aliphatic rings. The van der Waals surface area contributed by atoms with Crippen LogP contribution in [0.1, 0.15) is 30.1 Å². The Bertz CT molecular complexity index is 433. The van der Waals surface area contributed by atoms with Crippen molar-refractivity contribution in [1.82, 2.24) is 4.90 Å². The van der Waals surface area contributed by atoms with Crippen LogP contribution < -0.4 is 11.1 Å². The highest BCUT2D eigenvalue weighted by molar-refractivity contribution is 5.98. The normalized spacial score (nSPS) is 10.6. The maximum atomic E-state index is 11.7. The summed E-state index contributed by atoms with van der Waals surface area (Å²) in [5.74, 6) is -0.374. The Morgan fingerprint density at radius 2 is 2.10 bits per heavy atom. The number of nitrogen functional groups attached to an aromatic ring is 1. The van der Waals surface area contributed by atoms with Crippen molar-refractivity contribution in [1.29, 1.82) is 0 Å². The van der Waals surface area contributed by atoms with Gasteiger partial charge in [-0.05, 0) is 52.5 Å². The van der Waals surface area contributed by atoms with Gasteiger partial charge in [-0.3, -0.25) is 0 Å². The maximum Gasteiger partial charge on any atom is 0.340 e. The summed E-state index contributed by atoms with van der Waals surface area (Å²) in [5, 5.41) is 3.27. The van der Waals surface area contributed by atoms with E-state index in [4.69, 9.17) is 10.5 Å². The zero-order valence-corrected chi connectivity index (χ0v) is 12.6. The molecule has 20 heavy (non-hydrogen) atoms. The van der Waals surface area contributed by atoms with Crippen molar-refractivity contribution in [3.63, 3.8) is 0 Å². The fraction of sp³-hybridized carbons (Fsp3) is 0.533. The van der Waals surface area contributed by atoms with Gasteiger partial charge in [-0.15, -0.1) is 0 Å². The minimum Gasteiger partial charge on any atom is -0.462 e. The summed E-state index contributed by atoms with van der Waals surface area (Å²) >= 11 is 0. The molecule has 1 aromatic rings. The van der Waals surface area contributed by atoms with Crippen LogP contribution >= 0.6 is 0 Å². The number of benzene rings is 1. The van der Waals surface area contributed by atoms with Crippen LogP contribution in [-0.2, 0) is 4.74 Å². The maximum absolute atomic E-state index is 11.7. The van der Waals surface area contributed by atoms with Crippen LogP contribution in [0.5, 0.6) is 0 Å². The number of carbonyl (C=O) groups is 1. The first kappa shape index (κ1) is 16.3. The molecule has 112 valence electrons. The van der Waals surface area contributed by atoms with Crippen LogP contribution in [0.15, 0.2) is 18.2 Å². The molecule has 1 aromatic carbocycles. The van der Waals surface area contributed by atoms with Crippen molar-refractivity contribution < 1.29 is 9.53 Å². The number of nitrogens with zero attached hydrogens (tertiary/aromatic N) is 1. The zero-order chi connectivity index (χ0) is 15.0. The smallest absolute Gasteiger partial charge is 0.340 e. The van der Waals surface area contributed by atoms with Crippen molar-refractivity contribution in [2.75, 3.05) is 44.8 Å². The molecule has 5 heteroatoms. The number of unbranched alkanes of at least 4 members (excludes halogenated alkanes) is 1. The van der Waals surface area contributed by atoms with Crippen molar-refractivity contribution in [2.24, 2.45) is 0 Å². The number of hydrogen-bond acceptors (Lipinski definition) is 5. The van der Waals surface area contributed by atoms with E-state index in [0.717, 1.165) is 31.6 Å². The Hall–Kier alpha value is -1.75. The number of nitrogens with one attached hydrogen (secondary N) is 1. The fourth-order valence-electron chi connectivity index (χ4n) is 1.88. The van der Waals surface area contributed by atoms with Crippen molar-refractivity contribution in [3.8, 4) is 0 Å². The van der Waals surface area contributed by atoms with Crippen LogP contribution in [0.3, 0.4) is 0 Å². The molecule has 0 amide bonds. The summed E-state index contributed by atoms with van der Waals surface area (Å²) in [7, 11) is 4.13. The van der Waals surface area contributed by atoms with Crippen molar-refractivity contribution in [3.05, 3.63) is 23.8 Å². The molecule has 0 aromatic heterocycles. The highest BCUT2D eigenvalue weighted by Crippen LogP contribution is 2.23. The summed E-state index contributed by atoms with van der Waals surface area (Å²) in [6.45, 7) is 4.03. The van der Waals surface area contributed by atoms with Gasteiger partial charge in [0.25, 0.3) is 0 Å². The third-order valence-corrected chi connectivity index (χ3v) is 2.95. The first-order valence-corrected chi connectivity index (χ1v) is 7.00. The summed E-state index contributed by atoms with van der Waals surface area (Å²) in [4.78, 5) is 13.9. The Labute approximate surface area is 121 Å². The van der Waals surface area contributed by atoms with Gasteiger partial charge in [0.2, 0.25) is 0 Å². The van der Waals surface area contributed by atoms with E-state index in [-0.39, 0.29) is 5.97 Å². The summed E-state index contributed by atoms with van der Waals surface area (Å²) in [6.07, 6.45) is 2.18. The Morgan fingerprint density at radius 1 is 1.35 bits per heavy atom. The lowest BCUT2D eigenvalue weighted by Gasteiger charge is -2.13. The van der Waals surface area contributed by atoms with E-state index in [1.54, 1.807) is 13.0 Å². The topological polar surface area (TPSA) is 67.6 Å². The number of nitrogens with two attached hydrogens (primary N) is 1. The first-order valence-electron chi connectivity index (χ1n) is 7.00. The van der Waals surface area contributed by atoms with Crippen molar-refractivity contribution in [2.45, 2.75) is 19.8 Å². The SMILES string of the molecule is CCOC(=O)c1cccc(NCCCCN(C)C)c1N. The number of carbonyl (C=O) groups excluding carboxylic acids is 1. The summed E-state index contributed by atoms with van der Waals surface area (Å²) in [6, 6.07) is 5.37. The second-order valence-electron chi connectivity index (χ2n) is 4.92. The average Bonchev–Trinajstić information content (AvgIpc) is 2.40. The van der Waals surface area contributed by atoms with E-state index >= 15 is 0 Å². The third kappa shape index (κ3) is 5.09. The van der Waals surface area contributed by atoms with Crippen LogP contribution in [0, 0.1) is 0 Å². The standard InChI is InChI=1S/C15H25N3O2/c1-4-20-15(19)12-8-7-9-13(14(12)16)17-10-5-6-11-18(2)3/h7-9,17H,4-6,10-11,16H2,1-3H3. The number of para-hydroxylation sites is 1. The molecule has 0 aliphatic heterocycles. The molecule has 0 atom stereocenters. The van der Waals surface area contributed by atoms with Gasteiger partial charge >= 0.3 is 5.97 Å². The largest absolute Gasteiger partial charge is 0.462 e. The molecule has 0 radical (unpaired) electrons. The predicted molar refractivity (Wildman–Crippen MR) is 83.1 cm³/mol. The van der Waals surface area contributed by atoms with E-state index in [1.165, 1.54) is 0 Å². The number of hydrogen-bond donors (Lipinski definition) is 2. The number of esters is 1. The molecule has 0 aliphatic carbocycles. The lowest BCUT2D eigenvalue weighted by atomic mass is 10.1. The molecule has 0 saturated carbocycles. The average molecular weight is 279 g/mol. The molecule has 0 heterocycles. The van der Waals surface area contributed by atoms with Crippen LogP contribution in [0.4, 0.5) is 11.4 Å². The summed E-state index contributed by atoms with van der Waals surface area (Å²) < 4.78 is 4.98. The van der Waals surface area contributed by atoms with Gasteiger partial charge < -0.3 is 20.7 Å². The fourth-order valence-corrected chi connectivity index (χ4v) is 1.88. The highest BCUT2D eigenvalue weighted by atomic mass is 16.5. The molecule has 0 bridgehead atoms. The molecule has 3 N–H and O–H groups in total. The Kier molecular flexibility index (Phi) is 6.87. The minimum absolute atomic E-state index is 0.348. The monoisotopic (exact) mass is 279 g/mol. The van der Waals surface area contributed by atoms with Gasteiger partial charge in [-0.1, -0.05) is 6.07 Å². The van der Waals surface area contributed by atoms with Crippen LogP contribution in [-0.4, -0.2) is 44.7 Å². The van der Waals surface area contributed by atoms with Gasteiger partial charge in [0, 0.05) is 6.54 Å². The molecule has 0 fully saturated rings. The molecule has 5 nitrogen and oxygen atoms in total. The van der Waals surface area contributed by atoms with E-state index in [2.05, 4.69) is 24.3 Å².